The Kier molecular flexibility index (Phi) is 8.31. The first-order chi connectivity index (χ1) is 24.5. The molecule has 0 spiro atoms. The van der Waals surface area contributed by atoms with Crippen molar-refractivity contribution in [2.24, 2.45) is 0 Å². The Morgan fingerprint density at radius 3 is 1.92 bits per heavy atom. The smallest absolute Gasteiger partial charge is 0.346 e. The van der Waals surface area contributed by atoms with E-state index in [2.05, 4.69) is 104 Å². The van der Waals surface area contributed by atoms with Gasteiger partial charge >= 0.3 is 5.97 Å². The molecule has 1 aliphatic carbocycles. The van der Waals surface area contributed by atoms with Gasteiger partial charge < -0.3 is 19.5 Å². The molecule has 0 saturated carbocycles. The van der Waals surface area contributed by atoms with Gasteiger partial charge in [-0.1, -0.05) is 62.4 Å². The largest absolute Gasteiger partial charge is 0.485 e. The first-order valence-electron chi connectivity index (χ1n) is 16.5. The Hall–Kier alpha value is -5.14. The lowest BCUT2D eigenvalue weighted by Crippen LogP contribution is -2.22. The molecular weight excluding hydrogens is 681 g/mol. The van der Waals surface area contributed by atoms with Gasteiger partial charge in [0.25, 0.3) is 0 Å². The number of aliphatic carboxylic acids is 1. The Morgan fingerprint density at radius 1 is 0.780 bits per heavy atom. The summed E-state index contributed by atoms with van der Waals surface area (Å²) in [5.74, 6) is 0.376. The minimum Gasteiger partial charge on any atom is -0.485 e. The van der Waals surface area contributed by atoms with Gasteiger partial charge in [0.1, 0.15) is 24.9 Å². The summed E-state index contributed by atoms with van der Waals surface area (Å²) in [5.41, 5.74) is 6.39. The number of carboxylic acid groups (broad SMARTS) is 1. The van der Waals surface area contributed by atoms with Gasteiger partial charge in [-0.3, -0.25) is 0 Å². The van der Waals surface area contributed by atoms with Crippen LogP contribution in [-0.2, 0) is 10.2 Å². The van der Waals surface area contributed by atoms with Crippen LogP contribution < -0.4 is 14.4 Å². The van der Waals surface area contributed by atoms with Crippen LogP contribution in [0.15, 0.2) is 103 Å². The van der Waals surface area contributed by atoms with Crippen molar-refractivity contribution in [3.05, 3.63) is 119 Å². The minimum absolute atomic E-state index is 0.186. The van der Waals surface area contributed by atoms with Crippen LogP contribution in [-0.4, -0.2) is 24.3 Å². The highest BCUT2D eigenvalue weighted by Crippen LogP contribution is 2.62. The van der Waals surface area contributed by atoms with Gasteiger partial charge in [0.05, 0.1) is 9.75 Å². The van der Waals surface area contributed by atoms with Crippen LogP contribution in [0, 0.1) is 11.3 Å². The number of nitriles is 1. The van der Waals surface area contributed by atoms with E-state index in [9.17, 15) is 15.2 Å². The number of anilines is 3. The average molecular weight is 713 g/mol. The van der Waals surface area contributed by atoms with Gasteiger partial charge in [-0.25, -0.2) is 4.79 Å². The molecule has 1 N–H and O–H groups in total. The predicted molar refractivity (Wildman–Crippen MR) is 205 cm³/mol. The lowest BCUT2D eigenvalue weighted by Gasteiger charge is -2.28. The number of nitrogens with zero attached hydrogens (tertiary/aromatic N) is 2. The van der Waals surface area contributed by atoms with E-state index in [4.69, 9.17) is 9.47 Å². The fraction of sp³-hybridized carbons (Fsp3) is 0.171. The first kappa shape index (κ1) is 32.1. The number of ether oxygens (including phenoxy) is 2. The standard InChI is InChI=1S/C41H32N2O4S3/c1-3-41(4-2)31-22-30(21-26(24-42)40(44)45)48-37(31)38-32(41)23-33(49-38)39-35-34(46-19-20-47-35)36(50-39)25-15-17-29(18-16-25)43(27-11-7-5-8-12-27)28-13-9-6-10-14-28/h5-18,21-23H,3-4,19-20H2,1-2H3,(H,44,45)/b26-21-. The van der Waals surface area contributed by atoms with E-state index in [0.29, 0.717) is 13.2 Å². The molecule has 0 saturated heterocycles. The lowest BCUT2D eigenvalue weighted by atomic mass is 9.75. The number of hydrogen-bond donors (Lipinski definition) is 1. The number of thiophene rings is 3. The molecule has 0 radical (unpaired) electrons. The molecule has 0 unspecified atom stereocenters. The van der Waals surface area contributed by atoms with Crippen molar-refractivity contribution < 1.29 is 19.4 Å². The molecule has 0 amide bonds. The van der Waals surface area contributed by atoms with Crippen molar-refractivity contribution in [1.29, 1.82) is 5.26 Å². The fourth-order valence-electron chi connectivity index (χ4n) is 7.14. The van der Waals surface area contributed by atoms with E-state index in [0.717, 1.165) is 71.4 Å². The van der Waals surface area contributed by atoms with Crippen LogP contribution in [0.1, 0.15) is 42.7 Å². The van der Waals surface area contributed by atoms with E-state index < -0.39 is 5.97 Å². The summed E-state index contributed by atoms with van der Waals surface area (Å²) in [7, 11) is 0. The van der Waals surface area contributed by atoms with Crippen LogP contribution in [0.25, 0.3) is 36.0 Å². The Morgan fingerprint density at radius 2 is 1.34 bits per heavy atom. The van der Waals surface area contributed by atoms with E-state index in [-0.39, 0.29) is 11.0 Å². The maximum absolute atomic E-state index is 11.6. The summed E-state index contributed by atoms with van der Waals surface area (Å²) in [4.78, 5) is 20.2. The summed E-state index contributed by atoms with van der Waals surface area (Å²) < 4.78 is 12.7. The van der Waals surface area contributed by atoms with E-state index in [1.54, 1.807) is 34.0 Å². The zero-order valence-electron chi connectivity index (χ0n) is 27.4. The second-order valence-corrected chi connectivity index (χ2v) is 15.3. The van der Waals surface area contributed by atoms with Crippen molar-refractivity contribution in [2.75, 3.05) is 18.1 Å². The molecule has 248 valence electrons. The Balaban J connectivity index is 1.20. The second kappa shape index (κ2) is 13.0. The molecule has 50 heavy (non-hydrogen) atoms. The normalized spacial score (nSPS) is 14.1. The third-order valence-electron chi connectivity index (χ3n) is 9.60. The van der Waals surface area contributed by atoms with Gasteiger partial charge in [-0.2, -0.15) is 5.26 Å². The van der Waals surface area contributed by atoms with Crippen molar-refractivity contribution in [2.45, 2.75) is 32.1 Å². The number of carbonyl (C=O) groups is 1. The number of hydrogen-bond acceptors (Lipinski definition) is 8. The van der Waals surface area contributed by atoms with Gasteiger partial charge in [-0.15, -0.1) is 34.0 Å². The van der Waals surface area contributed by atoms with Crippen molar-refractivity contribution in [3.8, 4) is 47.5 Å². The molecule has 4 heterocycles. The summed E-state index contributed by atoms with van der Waals surface area (Å²) >= 11 is 5.02. The van der Waals surface area contributed by atoms with E-state index >= 15 is 0 Å². The molecule has 0 bridgehead atoms. The zero-order chi connectivity index (χ0) is 34.4. The minimum atomic E-state index is -1.21. The quantitative estimate of drug-likeness (QED) is 0.119. The van der Waals surface area contributed by atoms with E-state index in [1.165, 1.54) is 22.1 Å². The highest BCUT2D eigenvalue weighted by atomic mass is 32.1. The van der Waals surface area contributed by atoms with Crippen LogP contribution in [0.2, 0.25) is 0 Å². The highest BCUT2D eigenvalue weighted by Gasteiger charge is 2.44. The van der Waals surface area contributed by atoms with E-state index in [1.807, 2.05) is 18.2 Å². The van der Waals surface area contributed by atoms with Crippen molar-refractivity contribution in [1.82, 2.24) is 0 Å². The van der Waals surface area contributed by atoms with Crippen molar-refractivity contribution >= 4 is 63.1 Å². The number of benzene rings is 3. The molecule has 3 aromatic carbocycles. The number of para-hydroxylation sites is 2. The average Bonchev–Trinajstić information content (AvgIpc) is 3.92. The number of carboxylic acids is 1. The first-order valence-corrected chi connectivity index (χ1v) is 19.0. The third kappa shape index (κ3) is 5.23. The monoisotopic (exact) mass is 712 g/mol. The van der Waals surface area contributed by atoms with Gasteiger partial charge in [-0.05, 0) is 84.1 Å². The Bertz CT molecular complexity index is 2250. The molecule has 9 heteroatoms. The predicted octanol–water partition coefficient (Wildman–Crippen LogP) is 11.5. The molecule has 6 aromatic rings. The van der Waals surface area contributed by atoms with Crippen LogP contribution in [0.5, 0.6) is 11.5 Å². The molecule has 0 fully saturated rings. The number of rotatable bonds is 9. The Labute approximate surface area is 302 Å². The molecule has 8 rings (SSSR count). The third-order valence-corrected chi connectivity index (χ3v) is 13.4. The van der Waals surface area contributed by atoms with Gasteiger partial charge in [0.15, 0.2) is 11.5 Å². The van der Waals surface area contributed by atoms with Gasteiger partial charge in [0.2, 0.25) is 0 Å². The topological polar surface area (TPSA) is 82.8 Å². The summed E-state index contributed by atoms with van der Waals surface area (Å²) in [5, 5.41) is 18.9. The molecule has 2 aliphatic rings. The van der Waals surface area contributed by atoms with Crippen LogP contribution >= 0.6 is 34.0 Å². The SMILES string of the molecule is CCC1(CC)c2cc(/C=C(/C#N)C(=O)O)sc2-c2sc(-c3sc(-c4ccc(N(c5ccccc5)c5ccccc5)cc4)c4c3OCCO4)cc21. The molecule has 1 aliphatic heterocycles. The zero-order valence-corrected chi connectivity index (χ0v) is 29.9. The van der Waals surface area contributed by atoms with Crippen molar-refractivity contribution in [3.63, 3.8) is 0 Å². The van der Waals surface area contributed by atoms with Crippen LogP contribution in [0.4, 0.5) is 17.1 Å². The molecular formula is C41H32N2O4S3. The van der Waals surface area contributed by atoms with Crippen LogP contribution in [0.3, 0.4) is 0 Å². The molecule has 0 atom stereocenters. The molecule has 3 aromatic heterocycles. The lowest BCUT2D eigenvalue weighted by molar-refractivity contribution is -0.132. The summed E-state index contributed by atoms with van der Waals surface area (Å²) in [6.07, 6.45) is 3.31. The maximum Gasteiger partial charge on any atom is 0.346 e. The molecule has 6 nitrogen and oxygen atoms in total. The number of fused-ring (bicyclic) bond motifs is 4. The highest BCUT2D eigenvalue weighted by molar-refractivity contribution is 7.28. The summed E-state index contributed by atoms with van der Waals surface area (Å²) in [6, 6.07) is 35.7. The fourth-order valence-corrected chi connectivity index (χ4v) is 11.1. The summed E-state index contributed by atoms with van der Waals surface area (Å²) in [6.45, 7) is 5.42. The maximum atomic E-state index is 11.6. The second-order valence-electron chi connectivity index (χ2n) is 12.2. The van der Waals surface area contributed by atoms with Gasteiger partial charge in [0, 0.05) is 42.0 Å².